The van der Waals surface area contributed by atoms with E-state index in [0.29, 0.717) is 5.57 Å². The molecule has 136 valence electrons. The van der Waals surface area contributed by atoms with Crippen molar-refractivity contribution in [3.05, 3.63) is 87.3 Å². The predicted molar refractivity (Wildman–Crippen MR) is 120 cm³/mol. The summed E-state index contributed by atoms with van der Waals surface area (Å²) in [4.78, 5) is 4.67. The number of nitriles is 1. The van der Waals surface area contributed by atoms with Crippen molar-refractivity contribution in [2.75, 3.05) is 0 Å². The van der Waals surface area contributed by atoms with Crippen molar-refractivity contribution < 1.29 is 0 Å². The highest BCUT2D eigenvalue weighted by atomic mass is 79.9. The molecule has 2 heterocycles. The number of thiazole rings is 1. The first-order valence-corrected chi connectivity index (χ1v) is 10.4. The van der Waals surface area contributed by atoms with Crippen LogP contribution in [0.3, 0.4) is 0 Å². The maximum Gasteiger partial charge on any atom is 0.134 e. The number of halogens is 1. The summed E-state index contributed by atoms with van der Waals surface area (Å²) < 4.78 is 3.14. The largest absolute Gasteiger partial charge is 0.344 e. The Hall–Kier alpha value is -2.94. The van der Waals surface area contributed by atoms with Crippen molar-refractivity contribution in [2.24, 2.45) is 7.05 Å². The van der Waals surface area contributed by atoms with Gasteiger partial charge in [-0.25, -0.2) is 4.98 Å². The lowest BCUT2D eigenvalue weighted by molar-refractivity contribution is 0.924. The minimum atomic E-state index is 0.565. The zero-order valence-corrected chi connectivity index (χ0v) is 17.5. The van der Waals surface area contributed by atoms with E-state index in [1.165, 1.54) is 11.3 Å². The molecule has 2 aromatic heterocycles. The maximum absolute atomic E-state index is 9.70. The van der Waals surface area contributed by atoms with Gasteiger partial charge in [-0.3, -0.25) is 0 Å². The summed E-state index contributed by atoms with van der Waals surface area (Å²) in [5.41, 5.74) is 5.70. The number of benzene rings is 2. The zero-order valence-electron chi connectivity index (χ0n) is 15.1. The Morgan fingerprint density at radius 2 is 1.79 bits per heavy atom. The van der Waals surface area contributed by atoms with Gasteiger partial charge in [0.25, 0.3) is 0 Å². The van der Waals surface area contributed by atoms with E-state index in [2.05, 4.69) is 49.7 Å². The van der Waals surface area contributed by atoms with E-state index in [1.54, 1.807) is 0 Å². The van der Waals surface area contributed by atoms with Gasteiger partial charge in [0.1, 0.15) is 11.1 Å². The first kappa shape index (κ1) is 18.4. The number of aromatic nitrogens is 2. The van der Waals surface area contributed by atoms with E-state index in [4.69, 9.17) is 0 Å². The minimum absolute atomic E-state index is 0.565. The first-order chi connectivity index (χ1) is 13.7. The second-order valence-corrected chi connectivity index (χ2v) is 8.06. The standard InChI is InChI=1S/C23H16BrN3S/c1-27-20(11-12-22(27)17-7-9-19(24)10-8-17)13-18(14-25)23-26-21(15-28-23)16-5-3-2-4-6-16/h2-13,15H,1H3/b18-13+. The third-order valence-corrected chi connectivity index (χ3v) is 5.92. The van der Waals surface area contributed by atoms with E-state index >= 15 is 0 Å². The van der Waals surface area contributed by atoms with Crippen LogP contribution in [0.15, 0.2) is 76.6 Å². The lowest BCUT2D eigenvalue weighted by Gasteiger charge is -2.06. The molecule has 0 saturated carbocycles. The van der Waals surface area contributed by atoms with Crippen molar-refractivity contribution in [2.45, 2.75) is 0 Å². The second-order valence-electron chi connectivity index (χ2n) is 6.28. The number of rotatable bonds is 4. The summed E-state index contributed by atoms with van der Waals surface area (Å²) in [6.07, 6.45) is 1.90. The molecule has 0 bridgehead atoms. The number of hydrogen-bond donors (Lipinski definition) is 0. The highest BCUT2D eigenvalue weighted by Crippen LogP contribution is 2.29. The molecule has 0 unspecified atom stereocenters. The van der Waals surface area contributed by atoms with Gasteiger partial charge in [-0.2, -0.15) is 5.26 Å². The van der Waals surface area contributed by atoms with Crippen molar-refractivity contribution in [3.8, 4) is 28.6 Å². The molecule has 0 atom stereocenters. The molecule has 2 aromatic carbocycles. The van der Waals surface area contributed by atoms with Gasteiger partial charge < -0.3 is 4.57 Å². The van der Waals surface area contributed by atoms with Crippen LogP contribution in [0.1, 0.15) is 10.7 Å². The zero-order chi connectivity index (χ0) is 19.5. The molecule has 0 aliphatic heterocycles. The van der Waals surface area contributed by atoms with Crippen LogP contribution in [0.4, 0.5) is 0 Å². The molecule has 0 aliphatic carbocycles. The predicted octanol–water partition coefficient (Wildman–Crippen LogP) is 6.64. The van der Waals surface area contributed by atoms with Crippen LogP contribution in [0, 0.1) is 11.3 Å². The Kier molecular flexibility index (Phi) is 5.25. The summed E-state index contributed by atoms with van der Waals surface area (Å²) in [5.74, 6) is 0. The molecular formula is C23H16BrN3S. The maximum atomic E-state index is 9.70. The molecule has 0 fully saturated rings. The molecule has 0 aliphatic rings. The molecule has 0 saturated heterocycles. The van der Waals surface area contributed by atoms with Gasteiger partial charge in [-0.1, -0.05) is 58.4 Å². The van der Waals surface area contributed by atoms with E-state index in [0.717, 1.165) is 37.7 Å². The van der Waals surface area contributed by atoms with Crippen molar-refractivity contribution in [1.82, 2.24) is 9.55 Å². The summed E-state index contributed by atoms with van der Waals surface area (Å²) >= 11 is 4.96. The fourth-order valence-electron chi connectivity index (χ4n) is 3.01. The summed E-state index contributed by atoms with van der Waals surface area (Å²) in [6, 6.07) is 24.6. The molecule has 4 aromatic rings. The summed E-state index contributed by atoms with van der Waals surface area (Å²) in [6.45, 7) is 0. The number of hydrogen-bond acceptors (Lipinski definition) is 3. The van der Waals surface area contributed by atoms with Gasteiger partial charge >= 0.3 is 0 Å². The molecule has 5 heteroatoms. The third kappa shape index (κ3) is 3.70. The Morgan fingerprint density at radius 1 is 1.04 bits per heavy atom. The summed E-state index contributed by atoms with van der Waals surface area (Å²) in [7, 11) is 2.01. The summed E-state index contributed by atoms with van der Waals surface area (Å²) in [5, 5.41) is 12.4. The van der Waals surface area contributed by atoms with E-state index in [9.17, 15) is 5.26 Å². The van der Waals surface area contributed by atoms with Gasteiger partial charge in [0.05, 0.1) is 11.3 Å². The van der Waals surface area contributed by atoms with Crippen LogP contribution in [0.25, 0.3) is 34.2 Å². The average Bonchev–Trinajstić information content (AvgIpc) is 3.35. The second kappa shape index (κ2) is 7.97. The average molecular weight is 446 g/mol. The molecule has 28 heavy (non-hydrogen) atoms. The van der Waals surface area contributed by atoms with Crippen LogP contribution in [-0.4, -0.2) is 9.55 Å². The molecule has 0 spiro atoms. The van der Waals surface area contributed by atoms with Gasteiger partial charge in [0.2, 0.25) is 0 Å². The Morgan fingerprint density at radius 3 is 2.50 bits per heavy atom. The van der Waals surface area contributed by atoms with Crippen LogP contribution >= 0.6 is 27.3 Å². The monoisotopic (exact) mass is 445 g/mol. The van der Waals surface area contributed by atoms with Crippen molar-refractivity contribution in [3.63, 3.8) is 0 Å². The van der Waals surface area contributed by atoms with Crippen LogP contribution in [0.5, 0.6) is 0 Å². The highest BCUT2D eigenvalue weighted by molar-refractivity contribution is 9.10. The Bertz CT molecular complexity index is 1180. The van der Waals surface area contributed by atoms with Gasteiger partial charge in [-0.05, 0) is 35.9 Å². The molecule has 0 amide bonds. The lowest BCUT2D eigenvalue weighted by Crippen LogP contribution is -1.94. The number of allylic oxidation sites excluding steroid dienone is 1. The normalized spacial score (nSPS) is 11.4. The molecule has 4 rings (SSSR count). The quantitative estimate of drug-likeness (QED) is 0.330. The van der Waals surface area contributed by atoms with E-state index in [-0.39, 0.29) is 0 Å². The fraction of sp³-hybridized carbons (Fsp3) is 0.0435. The minimum Gasteiger partial charge on any atom is -0.344 e. The van der Waals surface area contributed by atoms with E-state index < -0.39 is 0 Å². The Balaban J connectivity index is 1.67. The van der Waals surface area contributed by atoms with E-state index in [1.807, 2.05) is 67.0 Å². The molecule has 3 nitrogen and oxygen atoms in total. The van der Waals surface area contributed by atoms with Crippen LogP contribution in [-0.2, 0) is 7.05 Å². The smallest absolute Gasteiger partial charge is 0.134 e. The fourth-order valence-corrected chi connectivity index (χ4v) is 4.07. The Labute approximate surface area is 176 Å². The third-order valence-electron chi connectivity index (χ3n) is 4.52. The van der Waals surface area contributed by atoms with Crippen molar-refractivity contribution >= 4 is 38.9 Å². The first-order valence-electron chi connectivity index (χ1n) is 8.70. The molecule has 0 radical (unpaired) electrons. The van der Waals surface area contributed by atoms with Crippen LogP contribution < -0.4 is 0 Å². The van der Waals surface area contributed by atoms with Gasteiger partial charge in [0.15, 0.2) is 0 Å². The van der Waals surface area contributed by atoms with Crippen molar-refractivity contribution in [1.29, 1.82) is 5.26 Å². The molecular weight excluding hydrogens is 430 g/mol. The SMILES string of the molecule is Cn1c(/C=C(\C#N)c2nc(-c3ccccc3)cs2)ccc1-c1ccc(Br)cc1. The lowest BCUT2D eigenvalue weighted by atomic mass is 10.1. The number of nitrogens with zero attached hydrogens (tertiary/aromatic N) is 3. The topological polar surface area (TPSA) is 41.6 Å². The van der Waals surface area contributed by atoms with Gasteiger partial charge in [-0.15, -0.1) is 11.3 Å². The molecule has 0 N–H and O–H groups in total. The van der Waals surface area contributed by atoms with Gasteiger partial charge in [0, 0.05) is 33.9 Å². The van der Waals surface area contributed by atoms with Crippen LogP contribution in [0.2, 0.25) is 0 Å². The highest BCUT2D eigenvalue weighted by Gasteiger charge is 2.11.